The van der Waals surface area contributed by atoms with Crippen LogP contribution in [0.3, 0.4) is 0 Å². The van der Waals surface area contributed by atoms with Crippen LogP contribution in [0.15, 0.2) is 12.3 Å². The summed E-state index contributed by atoms with van der Waals surface area (Å²) in [6.07, 6.45) is 6.71. The van der Waals surface area contributed by atoms with Gasteiger partial charge in [-0.3, -0.25) is 0 Å². The standard InChI is InChI=1S/C12H13ClN4/c13-11-9-5-7-16(8-2-1-3-8)12(9)17-10(15-11)4-6-14-17/h4,6,8H,1-3,5,7H2. The van der Waals surface area contributed by atoms with E-state index in [0.717, 1.165) is 24.2 Å². The zero-order chi connectivity index (χ0) is 11.4. The molecule has 2 aromatic heterocycles. The maximum Gasteiger partial charge on any atom is 0.159 e. The number of hydrogen-bond donors (Lipinski definition) is 0. The number of aromatic nitrogens is 3. The van der Waals surface area contributed by atoms with Gasteiger partial charge in [0.25, 0.3) is 0 Å². The molecule has 1 saturated carbocycles. The predicted octanol–water partition coefficient (Wildman–Crippen LogP) is 2.30. The zero-order valence-corrected chi connectivity index (χ0v) is 10.2. The Morgan fingerprint density at radius 1 is 1.35 bits per heavy atom. The smallest absolute Gasteiger partial charge is 0.159 e. The highest BCUT2D eigenvalue weighted by atomic mass is 35.5. The zero-order valence-electron chi connectivity index (χ0n) is 9.43. The van der Waals surface area contributed by atoms with Gasteiger partial charge in [-0.1, -0.05) is 11.6 Å². The Morgan fingerprint density at radius 2 is 2.24 bits per heavy atom. The van der Waals surface area contributed by atoms with E-state index in [0.29, 0.717) is 11.2 Å². The lowest BCUT2D eigenvalue weighted by atomic mass is 9.92. The lowest BCUT2D eigenvalue weighted by molar-refractivity contribution is 0.389. The van der Waals surface area contributed by atoms with Crippen molar-refractivity contribution in [1.82, 2.24) is 14.6 Å². The van der Waals surface area contributed by atoms with E-state index in [4.69, 9.17) is 11.6 Å². The predicted molar refractivity (Wildman–Crippen MR) is 66.7 cm³/mol. The van der Waals surface area contributed by atoms with E-state index in [-0.39, 0.29) is 0 Å². The third kappa shape index (κ3) is 1.24. The summed E-state index contributed by atoms with van der Waals surface area (Å²) >= 11 is 6.26. The summed E-state index contributed by atoms with van der Waals surface area (Å²) < 4.78 is 1.94. The van der Waals surface area contributed by atoms with E-state index < -0.39 is 0 Å². The third-order valence-corrected chi connectivity index (χ3v) is 4.26. The van der Waals surface area contributed by atoms with E-state index >= 15 is 0 Å². The second-order valence-corrected chi connectivity index (χ2v) is 5.19. The SMILES string of the molecule is Clc1nc2ccnn2c2c1CCN2C1CCC1. The monoisotopic (exact) mass is 248 g/mol. The molecule has 2 aromatic rings. The Hall–Kier alpha value is -1.29. The molecule has 4 nitrogen and oxygen atoms in total. The minimum absolute atomic E-state index is 0.648. The summed E-state index contributed by atoms with van der Waals surface area (Å²) in [5, 5.41) is 5.02. The summed E-state index contributed by atoms with van der Waals surface area (Å²) in [5.41, 5.74) is 2.01. The van der Waals surface area contributed by atoms with Gasteiger partial charge in [0, 0.05) is 24.2 Å². The molecule has 0 saturated heterocycles. The molecule has 0 atom stereocenters. The van der Waals surface area contributed by atoms with E-state index in [1.165, 1.54) is 25.1 Å². The van der Waals surface area contributed by atoms with Crippen molar-refractivity contribution in [2.45, 2.75) is 31.7 Å². The van der Waals surface area contributed by atoms with Crippen LogP contribution in [0.5, 0.6) is 0 Å². The molecule has 1 fully saturated rings. The Bertz CT molecular complexity index is 587. The first-order valence-electron chi connectivity index (χ1n) is 6.13. The summed E-state index contributed by atoms with van der Waals surface area (Å²) in [5.74, 6) is 1.18. The molecule has 2 aliphatic rings. The molecule has 0 amide bonds. The van der Waals surface area contributed by atoms with E-state index in [1.54, 1.807) is 6.20 Å². The first-order valence-corrected chi connectivity index (χ1v) is 6.51. The van der Waals surface area contributed by atoms with Crippen LogP contribution < -0.4 is 4.90 Å². The molecule has 88 valence electrons. The first-order chi connectivity index (χ1) is 8.34. The highest BCUT2D eigenvalue weighted by Gasteiger charge is 2.33. The van der Waals surface area contributed by atoms with Crippen molar-refractivity contribution in [2.75, 3.05) is 11.4 Å². The van der Waals surface area contributed by atoms with Crippen LogP contribution in [0, 0.1) is 0 Å². The Morgan fingerprint density at radius 3 is 3.00 bits per heavy atom. The molecule has 0 bridgehead atoms. The van der Waals surface area contributed by atoms with Gasteiger partial charge >= 0.3 is 0 Å². The fraction of sp³-hybridized carbons (Fsp3) is 0.500. The van der Waals surface area contributed by atoms with Gasteiger partial charge in [0.05, 0.1) is 6.20 Å². The van der Waals surface area contributed by atoms with Crippen LogP contribution in [0.4, 0.5) is 5.82 Å². The van der Waals surface area contributed by atoms with E-state index in [1.807, 2.05) is 10.6 Å². The van der Waals surface area contributed by atoms with Crippen molar-refractivity contribution in [3.63, 3.8) is 0 Å². The molecule has 1 aliphatic carbocycles. The lowest BCUT2D eigenvalue weighted by Gasteiger charge is -2.36. The molecular weight excluding hydrogens is 236 g/mol. The molecule has 0 unspecified atom stereocenters. The van der Waals surface area contributed by atoms with Gasteiger partial charge in [0.2, 0.25) is 0 Å². The minimum atomic E-state index is 0.648. The summed E-state index contributed by atoms with van der Waals surface area (Å²) in [7, 11) is 0. The van der Waals surface area contributed by atoms with Crippen LogP contribution in [-0.2, 0) is 6.42 Å². The molecule has 0 N–H and O–H groups in total. The molecule has 0 spiro atoms. The molecule has 0 radical (unpaired) electrons. The van der Waals surface area contributed by atoms with Gasteiger partial charge in [-0.2, -0.15) is 9.61 Å². The van der Waals surface area contributed by atoms with Gasteiger partial charge in [-0.25, -0.2) is 4.98 Å². The van der Waals surface area contributed by atoms with Crippen LogP contribution in [0.2, 0.25) is 5.15 Å². The first kappa shape index (κ1) is 9.71. The summed E-state index contributed by atoms with van der Waals surface area (Å²) in [6, 6.07) is 2.59. The largest absolute Gasteiger partial charge is 0.353 e. The van der Waals surface area contributed by atoms with Crippen molar-refractivity contribution in [3.8, 4) is 0 Å². The Balaban J connectivity index is 1.95. The molecule has 0 aromatic carbocycles. The van der Waals surface area contributed by atoms with Crippen LogP contribution in [-0.4, -0.2) is 27.2 Å². The Kier molecular flexibility index (Phi) is 1.92. The van der Waals surface area contributed by atoms with Gasteiger partial charge in [-0.05, 0) is 25.7 Å². The third-order valence-electron chi connectivity index (χ3n) is 3.95. The van der Waals surface area contributed by atoms with Crippen LogP contribution in [0.25, 0.3) is 5.65 Å². The van der Waals surface area contributed by atoms with E-state index in [9.17, 15) is 0 Å². The van der Waals surface area contributed by atoms with E-state index in [2.05, 4.69) is 15.0 Å². The number of halogens is 1. The quantitative estimate of drug-likeness (QED) is 0.726. The number of nitrogens with zero attached hydrogens (tertiary/aromatic N) is 4. The fourth-order valence-electron chi connectivity index (χ4n) is 2.83. The lowest BCUT2D eigenvalue weighted by Crippen LogP contribution is -2.39. The van der Waals surface area contributed by atoms with Gasteiger partial charge in [0.1, 0.15) is 11.0 Å². The average Bonchev–Trinajstić information content (AvgIpc) is 2.81. The highest BCUT2D eigenvalue weighted by molar-refractivity contribution is 6.30. The molecule has 5 heteroatoms. The minimum Gasteiger partial charge on any atom is -0.353 e. The molecule has 3 heterocycles. The number of fused-ring (bicyclic) bond motifs is 3. The van der Waals surface area contributed by atoms with Gasteiger partial charge in [0.15, 0.2) is 5.65 Å². The highest BCUT2D eigenvalue weighted by Crippen LogP contribution is 2.38. The van der Waals surface area contributed by atoms with Crippen LogP contribution in [0.1, 0.15) is 24.8 Å². The Labute approximate surface area is 104 Å². The number of rotatable bonds is 1. The van der Waals surface area contributed by atoms with Crippen molar-refractivity contribution >= 4 is 23.1 Å². The van der Waals surface area contributed by atoms with Gasteiger partial charge in [-0.15, -0.1) is 0 Å². The molecule has 4 rings (SSSR count). The number of hydrogen-bond acceptors (Lipinski definition) is 3. The maximum absolute atomic E-state index is 6.26. The fourth-order valence-corrected chi connectivity index (χ4v) is 3.10. The van der Waals surface area contributed by atoms with Gasteiger partial charge < -0.3 is 4.90 Å². The second kappa shape index (κ2) is 3.35. The van der Waals surface area contributed by atoms with Crippen molar-refractivity contribution in [2.24, 2.45) is 0 Å². The molecular formula is C12H13ClN4. The molecule has 1 aliphatic heterocycles. The topological polar surface area (TPSA) is 33.4 Å². The normalized spacial score (nSPS) is 19.7. The summed E-state index contributed by atoms with van der Waals surface area (Å²) in [6.45, 7) is 1.06. The van der Waals surface area contributed by atoms with Crippen molar-refractivity contribution in [3.05, 3.63) is 23.0 Å². The van der Waals surface area contributed by atoms with Crippen molar-refractivity contribution < 1.29 is 0 Å². The second-order valence-electron chi connectivity index (χ2n) is 4.83. The average molecular weight is 249 g/mol. The summed E-state index contributed by atoms with van der Waals surface area (Å²) in [4.78, 5) is 6.85. The maximum atomic E-state index is 6.26. The molecule has 17 heavy (non-hydrogen) atoms. The van der Waals surface area contributed by atoms with Crippen LogP contribution >= 0.6 is 11.6 Å². The van der Waals surface area contributed by atoms with Crippen molar-refractivity contribution in [1.29, 1.82) is 0 Å². The number of anilines is 1.